The van der Waals surface area contributed by atoms with Crippen LogP contribution in [0.25, 0.3) is 0 Å². The molecule has 0 aliphatic carbocycles. The van der Waals surface area contributed by atoms with Crippen LogP contribution in [-0.2, 0) is 6.61 Å². The van der Waals surface area contributed by atoms with E-state index in [-0.39, 0.29) is 0 Å². The molecule has 2 aromatic rings. The summed E-state index contributed by atoms with van der Waals surface area (Å²) in [4.78, 5) is 4.51. The smallest absolute Gasteiger partial charge is 0.130 e. The quantitative estimate of drug-likeness (QED) is 0.854. The zero-order chi connectivity index (χ0) is 14.4. The molecule has 0 aliphatic rings. The van der Waals surface area contributed by atoms with E-state index >= 15 is 0 Å². The number of aromatic nitrogens is 1. The highest BCUT2D eigenvalue weighted by Gasteiger charge is 2.03. The van der Waals surface area contributed by atoms with Crippen LogP contribution >= 0.6 is 11.6 Å². The molecule has 1 aromatic carbocycles. The van der Waals surface area contributed by atoms with Crippen LogP contribution in [0.4, 0.5) is 5.82 Å². The number of anilines is 1. The monoisotopic (exact) mass is 290 g/mol. The van der Waals surface area contributed by atoms with Crippen molar-refractivity contribution in [2.24, 2.45) is 0 Å². The number of pyridine rings is 1. The molecule has 0 amide bonds. The third-order valence-corrected chi connectivity index (χ3v) is 3.12. The number of nitrogens with zero attached hydrogens (tertiary/aromatic N) is 1. The van der Waals surface area contributed by atoms with Crippen molar-refractivity contribution in [1.29, 1.82) is 0 Å². The van der Waals surface area contributed by atoms with Crippen LogP contribution in [0.3, 0.4) is 0 Å². The summed E-state index contributed by atoms with van der Waals surface area (Å²) in [7, 11) is 0. The number of halogens is 1. The van der Waals surface area contributed by atoms with Gasteiger partial charge >= 0.3 is 0 Å². The van der Waals surface area contributed by atoms with Crippen molar-refractivity contribution in [1.82, 2.24) is 4.98 Å². The lowest BCUT2D eigenvalue weighted by atomic mass is 10.2. The molecule has 0 radical (unpaired) electrons. The highest BCUT2D eigenvalue weighted by molar-refractivity contribution is 6.30. The minimum atomic E-state index is 0.433. The van der Waals surface area contributed by atoms with Gasteiger partial charge in [-0.15, -0.1) is 0 Å². The van der Waals surface area contributed by atoms with Gasteiger partial charge in [-0.2, -0.15) is 0 Å². The van der Waals surface area contributed by atoms with E-state index in [1.165, 1.54) is 0 Å². The molecular formula is C16H19ClN2O. The number of aryl methyl sites for hydroxylation is 1. The third kappa shape index (κ3) is 4.14. The first-order valence-corrected chi connectivity index (χ1v) is 7.15. The zero-order valence-electron chi connectivity index (χ0n) is 11.8. The van der Waals surface area contributed by atoms with E-state index < -0.39 is 0 Å². The molecule has 0 aliphatic heterocycles. The predicted molar refractivity (Wildman–Crippen MR) is 83.5 cm³/mol. The van der Waals surface area contributed by atoms with Crippen molar-refractivity contribution < 1.29 is 4.74 Å². The first-order valence-electron chi connectivity index (χ1n) is 6.78. The second kappa shape index (κ2) is 7.15. The van der Waals surface area contributed by atoms with Crippen molar-refractivity contribution in [3.63, 3.8) is 0 Å². The molecule has 1 heterocycles. The first kappa shape index (κ1) is 14.7. The predicted octanol–water partition coefficient (Wildman–Crippen LogP) is 4.44. The molecule has 0 atom stereocenters. The molecule has 0 spiro atoms. The van der Waals surface area contributed by atoms with E-state index in [0.29, 0.717) is 11.6 Å². The average molecular weight is 291 g/mol. The van der Waals surface area contributed by atoms with E-state index in [1.54, 1.807) is 0 Å². The number of hydrogen-bond acceptors (Lipinski definition) is 3. The largest absolute Gasteiger partial charge is 0.487 e. The van der Waals surface area contributed by atoms with E-state index in [2.05, 4.69) is 17.2 Å². The van der Waals surface area contributed by atoms with Gasteiger partial charge in [-0.05, 0) is 43.2 Å². The lowest BCUT2D eigenvalue weighted by Gasteiger charge is -2.10. The summed E-state index contributed by atoms with van der Waals surface area (Å²) in [6.07, 6.45) is 1.07. The Morgan fingerprint density at radius 3 is 2.90 bits per heavy atom. The Morgan fingerprint density at radius 1 is 1.25 bits per heavy atom. The Labute approximate surface area is 124 Å². The number of nitrogens with one attached hydrogen (secondary N) is 1. The van der Waals surface area contributed by atoms with Gasteiger partial charge < -0.3 is 10.1 Å². The van der Waals surface area contributed by atoms with E-state index in [4.69, 9.17) is 16.3 Å². The summed E-state index contributed by atoms with van der Waals surface area (Å²) in [5, 5.41) is 3.94. The molecule has 0 fully saturated rings. The summed E-state index contributed by atoms with van der Waals surface area (Å²) in [5.74, 6) is 1.68. The Bertz CT molecular complexity index is 572. The molecule has 0 bridgehead atoms. The molecule has 20 heavy (non-hydrogen) atoms. The second-order valence-electron chi connectivity index (χ2n) is 4.64. The van der Waals surface area contributed by atoms with Gasteiger partial charge in [0.05, 0.1) is 5.69 Å². The SMILES string of the molecule is CCCNc1cccc(COc2cc(Cl)ccc2C)n1. The fourth-order valence-corrected chi connectivity index (χ4v) is 1.95. The molecule has 1 N–H and O–H groups in total. The summed E-state index contributed by atoms with van der Waals surface area (Å²) in [6.45, 7) is 5.48. The molecule has 0 saturated carbocycles. The highest BCUT2D eigenvalue weighted by atomic mass is 35.5. The van der Waals surface area contributed by atoms with E-state index in [0.717, 1.165) is 35.8 Å². The fraction of sp³-hybridized carbons (Fsp3) is 0.312. The van der Waals surface area contributed by atoms with Crippen LogP contribution in [0.1, 0.15) is 24.6 Å². The molecule has 2 rings (SSSR count). The van der Waals surface area contributed by atoms with E-state index in [9.17, 15) is 0 Å². The fourth-order valence-electron chi connectivity index (χ4n) is 1.79. The van der Waals surface area contributed by atoms with Gasteiger partial charge in [0, 0.05) is 11.6 Å². The Hall–Kier alpha value is -1.74. The van der Waals surface area contributed by atoms with Crippen LogP contribution < -0.4 is 10.1 Å². The van der Waals surface area contributed by atoms with Gasteiger partial charge in [0.1, 0.15) is 18.2 Å². The minimum Gasteiger partial charge on any atom is -0.487 e. The zero-order valence-corrected chi connectivity index (χ0v) is 12.6. The number of ether oxygens (including phenoxy) is 1. The second-order valence-corrected chi connectivity index (χ2v) is 5.08. The lowest BCUT2D eigenvalue weighted by molar-refractivity contribution is 0.299. The van der Waals surface area contributed by atoms with Crippen LogP contribution in [0.5, 0.6) is 5.75 Å². The van der Waals surface area contributed by atoms with Crippen molar-refractivity contribution >= 4 is 17.4 Å². The third-order valence-electron chi connectivity index (χ3n) is 2.89. The maximum absolute atomic E-state index is 5.98. The normalized spacial score (nSPS) is 10.3. The van der Waals surface area contributed by atoms with Crippen molar-refractivity contribution in [2.75, 3.05) is 11.9 Å². The summed E-state index contributed by atoms with van der Waals surface area (Å²) in [6, 6.07) is 11.5. The molecular weight excluding hydrogens is 272 g/mol. The maximum atomic E-state index is 5.98. The van der Waals surface area contributed by atoms with Crippen molar-refractivity contribution in [3.05, 3.63) is 52.7 Å². The summed E-state index contributed by atoms with van der Waals surface area (Å²) < 4.78 is 5.79. The molecule has 3 nitrogen and oxygen atoms in total. The van der Waals surface area contributed by atoms with Crippen LogP contribution in [0.15, 0.2) is 36.4 Å². The minimum absolute atomic E-state index is 0.433. The van der Waals surface area contributed by atoms with Crippen molar-refractivity contribution in [2.45, 2.75) is 26.9 Å². The average Bonchev–Trinajstić information content (AvgIpc) is 2.46. The van der Waals surface area contributed by atoms with Crippen LogP contribution in [0.2, 0.25) is 5.02 Å². The Morgan fingerprint density at radius 2 is 2.10 bits per heavy atom. The first-order chi connectivity index (χ1) is 9.69. The van der Waals surface area contributed by atoms with E-state index in [1.807, 2.05) is 43.3 Å². The summed E-state index contributed by atoms with van der Waals surface area (Å²) >= 11 is 5.98. The lowest BCUT2D eigenvalue weighted by Crippen LogP contribution is -2.05. The van der Waals surface area contributed by atoms with Crippen LogP contribution in [-0.4, -0.2) is 11.5 Å². The molecule has 0 saturated heterocycles. The topological polar surface area (TPSA) is 34.1 Å². The Kier molecular flexibility index (Phi) is 5.24. The van der Waals surface area contributed by atoms with Gasteiger partial charge in [-0.3, -0.25) is 0 Å². The van der Waals surface area contributed by atoms with Gasteiger partial charge in [-0.25, -0.2) is 4.98 Å². The van der Waals surface area contributed by atoms with Gasteiger partial charge in [0.25, 0.3) is 0 Å². The number of rotatable bonds is 6. The molecule has 1 aromatic heterocycles. The number of benzene rings is 1. The van der Waals surface area contributed by atoms with Gasteiger partial charge in [0.2, 0.25) is 0 Å². The van der Waals surface area contributed by atoms with Crippen molar-refractivity contribution in [3.8, 4) is 5.75 Å². The maximum Gasteiger partial charge on any atom is 0.130 e. The molecule has 4 heteroatoms. The molecule has 0 unspecified atom stereocenters. The summed E-state index contributed by atoms with van der Waals surface area (Å²) in [5.41, 5.74) is 1.96. The highest BCUT2D eigenvalue weighted by Crippen LogP contribution is 2.23. The number of hydrogen-bond donors (Lipinski definition) is 1. The van der Waals surface area contributed by atoms with Gasteiger partial charge in [0.15, 0.2) is 0 Å². The molecule has 106 valence electrons. The Balaban J connectivity index is 2.01. The van der Waals surface area contributed by atoms with Gasteiger partial charge in [-0.1, -0.05) is 30.7 Å². The standard InChI is InChI=1S/C16H19ClN2O/c1-3-9-18-16-6-4-5-14(19-16)11-20-15-10-13(17)8-7-12(15)2/h4-8,10H,3,9,11H2,1-2H3,(H,18,19). The van der Waals surface area contributed by atoms with Crippen LogP contribution in [0, 0.1) is 6.92 Å².